The van der Waals surface area contributed by atoms with Crippen molar-refractivity contribution < 1.29 is 4.74 Å². The van der Waals surface area contributed by atoms with Crippen LogP contribution in [0, 0.1) is 6.92 Å². The van der Waals surface area contributed by atoms with Crippen molar-refractivity contribution in [2.75, 3.05) is 19.0 Å². The smallest absolute Gasteiger partial charge is 0.243 e. The third-order valence-electron chi connectivity index (χ3n) is 3.32. The molecule has 0 saturated heterocycles. The highest BCUT2D eigenvalue weighted by Gasteiger charge is 2.03. The van der Waals surface area contributed by atoms with Gasteiger partial charge in [-0.05, 0) is 48.7 Å². The Balaban J connectivity index is 1.63. The first-order valence-corrected chi connectivity index (χ1v) is 6.94. The molecule has 5 nitrogen and oxygen atoms in total. The van der Waals surface area contributed by atoms with Gasteiger partial charge in [0.15, 0.2) is 5.65 Å². The number of rotatable bonds is 5. The van der Waals surface area contributed by atoms with E-state index in [0.717, 1.165) is 24.4 Å². The molecule has 0 fully saturated rings. The lowest BCUT2D eigenvalue weighted by atomic mass is 10.1. The highest BCUT2D eigenvalue weighted by atomic mass is 16.5. The molecule has 0 aliphatic rings. The van der Waals surface area contributed by atoms with Crippen LogP contribution in [0.15, 0.2) is 42.6 Å². The number of ether oxygens (including phenoxy) is 1. The summed E-state index contributed by atoms with van der Waals surface area (Å²) in [5, 5.41) is 7.64. The Kier molecular flexibility index (Phi) is 3.73. The third-order valence-corrected chi connectivity index (χ3v) is 3.32. The van der Waals surface area contributed by atoms with Gasteiger partial charge in [0, 0.05) is 12.7 Å². The van der Waals surface area contributed by atoms with E-state index in [-0.39, 0.29) is 0 Å². The molecule has 0 spiro atoms. The zero-order valence-electron chi connectivity index (χ0n) is 12.2. The second-order valence-electron chi connectivity index (χ2n) is 4.97. The predicted octanol–water partition coefficient (Wildman–Crippen LogP) is 2.70. The van der Waals surface area contributed by atoms with Crippen LogP contribution in [-0.4, -0.2) is 28.3 Å². The van der Waals surface area contributed by atoms with Gasteiger partial charge in [0.2, 0.25) is 5.95 Å². The van der Waals surface area contributed by atoms with Crippen LogP contribution >= 0.6 is 0 Å². The van der Waals surface area contributed by atoms with E-state index in [1.807, 2.05) is 43.5 Å². The lowest BCUT2D eigenvalue weighted by Crippen LogP contribution is -2.06. The zero-order chi connectivity index (χ0) is 14.7. The molecule has 5 heteroatoms. The summed E-state index contributed by atoms with van der Waals surface area (Å²) in [7, 11) is 1.68. The number of aryl methyl sites for hydroxylation is 1. The standard InChI is InChI=1S/C16H18N4O/c1-12-7-9-20-15(10-12)18-16(19-20)17-8-6-13-4-3-5-14(11-13)21-2/h3-5,7,9-11H,6,8H2,1-2H3,(H,17,19). The molecule has 3 aromatic rings. The minimum absolute atomic E-state index is 0.656. The molecule has 1 aromatic carbocycles. The molecule has 0 unspecified atom stereocenters. The molecule has 0 aliphatic carbocycles. The number of hydrogen-bond acceptors (Lipinski definition) is 4. The number of benzene rings is 1. The Morgan fingerprint density at radius 3 is 3.00 bits per heavy atom. The molecule has 2 heterocycles. The van der Waals surface area contributed by atoms with Crippen LogP contribution in [0.2, 0.25) is 0 Å². The van der Waals surface area contributed by atoms with Crippen LogP contribution in [0.25, 0.3) is 5.65 Å². The van der Waals surface area contributed by atoms with E-state index >= 15 is 0 Å². The second-order valence-corrected chi connectivity index (χ2v) is 4.97. The minimum atomic E-state index is 0.656. The first-order valence-electron chi connectivity index (χ1n) is 6.94. The van der Waals surface area contributed by atoms with Gasteiger partial charge in [0.05, 0.1) is 7.11 Å². The number of nitrogens with zero attached hydrogens (tertiary/aromatic N) is 3. The Morgan fingerprint density at radius 2 is 2.14 bits per heavy atom. The molecule has 0 bridgehead atoms. The molecule has 1 N–H and O–H groups in total. The number of fused-ring (bicyclic) bond motifs is 1. The van der Waals surface area contributed by atoms with E-state index in [0.29, 0.717) is 5.95 Å². The van der Waals surface area contributed by atoms with E-state index in [4.69, 9.17) is 4.74 Å². The van der Waals surface area contributed by atoms with E-state index in [1.54, 1.807) is 11.6 Å². The van der Waals surface area contributed by atoms with Crippen LogP contribution in [0.1, 0.15) is 11.1 Å². The van der Waals surface area contributed by atoms with E-state index in [1.165, 1.54) is 11.1 Å². The highest BCUT2D eigenvalue weighted by molar-refractivity contribution is 5.45. The summed E-state index contributed by atoms with van der Waals surface area (Å²) in [6.45, 7) is 2.83. The minimum Gasteiger partial charge on any atom is -0.497 e. The summed E-state index contributed by atoms with van der Waals surface area (Å²) in [6, 6.07) is 12.1. The fourth-order valence-electron chi connectivity index (χ4n) is 2.20. The summed E-state index contributed by atoms with van der Waals surface area (Å²) in [6.07, 6.45) is 2.82. The van der Waals surface area contributed by atoms with Gasteiger partial charge in [0.1, 0.15) is 5.75 Å². The van der Waals surface area contributed by atoms with E-state index < -0.39 is 0 Å². The number of nitrogens with one attached hydrogen (secondary N) is 1. The molecule has 21 heavy (non-hydrogen) atoms. The average molecular weight is 282 g/mol. The number of aromatic nitrogens is 3. The Bertz CT molecular complexity index is 751. The maximum Gasteiger partial charge on any atom is 0.243 e. The van der Waals surface area contributed by atoms with Crippen molar-refractivity contribution in [2.45, 2.75) is 13.3 Å². The lowest BCUT2D eigenvalue weighted by molar-refractivity contribution is 0.414. The maximum atomic E-state index is 5.22. The fraction of sp³-hybridized carbons (Fsp3) is 0.250. The second kappa shape index (κ2) is 5.83. The van der Waals surface area contributed by atoms with Gasteiger partial charge in [-0.25, -0.2) is 4.52 Å². The maximum absolute atomic E-state index is 5.22. The van der Waals surface area contributed by atoms with Crippen molar-refractivity contribution in [3.63, 3.8) is 0 Å². The Morgan fingerprint density at radius 1 is 1.24 bits per heavy atom. The summed E-state index contributed by atoms with van der Waals surface area (Å²) < 4.78 is 7.00. The fourth-order valence-corrected chi connectivity index (χ4v) is 2.20. The molecule has 0 atom stereocenters. The first-order chi connectivity index (χ1) is 10.2. The first kappa shape index (κ1) is 13.4. The number of pyridine rings is 1. The van der Waals surface area contributed by atoms with Crippen LogP contribution in [-0.2, 0) is 6.42 Å². The number of hydrogen-bond donors (Lipinski definition) is 1. The molecule has 0 aliphatic heterocycles. The van der Waals surface area contributed by atoms with Crippen molar-refractivity contribution in [3.8, 4) is 5.75 Å². The Labute approximate surface area is 123 Å². The quantitative estimate of drug-likeness (QED) is 0.781. The monoisotopic (exact) mass is 282 g/mol. The van der Waals surface area contributed by atoms with Crippen molar-refractivity contribution in [1.82, 2.24) is 14.6 Å². The van der Waals surface area contributed by atoms with Gasteiger partial charge in [-0.3, -0.25) is 0 Å². The van der Waals surface area contributed by atoms with Gasteiger partial charge in [-0.1, -0.05) is 12.1 Å². The van der Waals surface area contributed by atoms with Crippen LogP contribution in [0.4, 0.5) is 5.95 Å². The van der Waals surface area contributed by atoms with Gasteiger partial charge in [0.25, 0.3) is 0 Å². The molecule has 108 valence electrons. The number of methoxy groups -OCH3 is 1. The molecular weight excluding hydrogens is 264 g/mol. The highest BCUT2D eigenvalue weighted by Crippen LogP contribution is 2.13. The summed E-state index contributed by atoms with van der Waals surface area (Å²) in [5.74, 6) is 1.54. The normalized spacial score (nSPS) is 10.8. The molecule has 0 saturated carbocycles. The van der Waals surface area contributed by atoms with Crippen molar-refractivity contribution in [2.24, 2.45) is 0 Å². The van der Waals surface area contributed by atoms with Crippen LogP contribution in [0.5, 0.6) is 5.75 Å². The molecule has 0 radical (unpaired) electrons. The van der Waals surface area contributed by atoms with Crippen molar-refractivity contribution >= 4 is 11.6 Å². The van der Waals surface area contributed by atoms with E-state index in [9.17, 15) is 0 Å². The van der Waals surface area contributed by atoms with Crippen molar-refractivity contribution in [3.05, 3.63) is 53.7 Å². The average Bonchev–Trinajstić information content (AvgIpc) is 2.89. The molecule has 2 aromatic heterocycles. The lowest BCUT2D eigenvalue weighted by Gasteiger charge is -2.04. The summed E-state index contributed by atoms with van der Waals surface area (Å²) >= 11 is 0. The van der Waals surface area contributed by atoms with E-state index in [2.05, 4.69) is 21.5 Å². The van der Waals surface area contributed by atoms with Gasteiger partial charge < -0.3 is 10.1 Å². The zero-order valence-corrected chi connectivity index (χ0v) is 12.2. The van der Waals surface area contributed by atoms with Gasteiger partial charge in [-0.15, -0.1) is 5.10 Å². The molecule has 3 rings (SSSR count). The molecule has 0 amide bonds. The van der Waals surface area contributed by atoms with Crippen LogP contribution in [0.3, 0.4) is 0 Å². The van der Waals surface area contributed by atoms with Gasteiger partial charge in [-0.2, -0.15) is 4.98 Å². The summed E-state index contributed by atoms with van der Waals surface area (Å²) in [5.41, 5.74) is 3.26. The van der Waals surface area contributed by atoms with Gasteiger partial charge >= 0.3 is 0 Å². The SMILES string of the molecule is COc1cccc(CCNc2nc3cc(C)ccn3n2)c1. The predicted molar refractivity (Wildman–Crippen MR) is 82.9 cm³/mol. The topological polar surface area (TPSA) is 51.5 Å². The largest absolute Gasteiger partial charge is 0.497 e. The van der Waals surface area contributed by atoms with Crippen LogP contribution < -0.4 is 10.1 Å². The Hall–Kier alpha value is -2.56. The third kappa shape index (κ3) is 3.13. The molecular formula is C16H18N4O. The number of anilines is 1. The summed E-state index contributed by atoms with van der Waals surface area (Å²) in [4.78, 5) is 4.45. The van der Waals surface area contributed by atoms with Crippen molar-refractivity contribution in [1.29, 1.82) is 0 Å².